The predicted molar refractivity (Wildman–Crippen MR) is 67.8 cm³/mol. The second-order valence-electron chi connectivity index (χ2n) is 5.64. The molecule has 110 valence electrons. The van der Waals surface area contributed by atoms with Gasteiger partial charge in [-0.05, 0) is 27.7 Å². The lowest BCUT2D eigenvalue weighted by Crippen LogP contribution is -2.53. The number of rotatable bonds is 4. The van der Waals surface area contributed by atoms with E-state index in [-0.39, 0.29) is 6.42 Å². The minimum absolute atomic E-state index is 0.186. The average molecular weight is 274 g/mol. The van der Waals surface area contributed by atoms with E-state index < -0.39 is 35.1 Å². The molecular weight excluding hydrogens is 252 g/mol. The molecule has 0 rings (SSSR count). The maximum Gasteiger partial charge on any atom is 0.333 e. The van der Waals surface area contributed by atoms with Crippen LogP contribution in [0.15, 0.2) is 0 Å². The van der Waals surface area contributed by atoms with Crippen LogP contribution in [0.3, 0.4) is 0 Å². The summed E-state index contributed by atoms with van der Waals surface area (Å²) in [4.78, 5) is 33.9. The van der Waals surface area contributed by atoms with E-state index in [0.717, 1.165) is 6.92 Å². The van der Waals surface area contributed by atoms with Gasteiger partial charge in [0, 0.05) is 13.3 Å². The molecule has 0 saturated carbocycles. The second kappa shape index (κ2) is 6.12. The predicted octanol–water partition coefficient (Wildman–Crippen LogP) is -0.147. The smallest absolute Gasteiger partial charge is 0.333 e. The van der Waals surface area contributed by atoms with Crippen LogP contribution in [0, 0.1) is 0 Å². The van der Waals surface area contributed by atoms with Gasteiger partial charge in [0.1, 0.15) is 17.2 Å². The number of ether oxygens (including phenoxy) is 2. The minimum atomic E-state index is -1.54. The van der Waals surface area contributed by atoms with Crippen LogP contribution in [0.4, 0.5) is 0 Å². The fourth-order valence-electron chi connectivity index (χ4n) is 1.25. The molecule has 0 aliphatic heterocycles. The molecule has 1 unspecified atom stereocenters. The van der Waals surface area contributed by atoms with Crippen LogP contribution in [0.2, 0.25) is 0 Å². The summed E-state index contributed by atoms with van der Waals surface area (Å²) in [6, 6.07) is -1.08. The van der Waals surface area contributed by atoms with Crippen molar-refractivity contribution in [2.75, 3.05) is 0 Å². The molecule has 2 atom stereocenters. The standard InChI is InChI=1S/C12H22N2O5/c1-7(15)18-10(17)12(5,14)6-8(13)9(16)19-11(2,3)4/h8H,6,13-14H2,1-5H3/t8?,12-/m1/s1. The van der Waals surface area contributed by atoms with Crippen LogP contribution in [-0.2, 0) is 23.9 Å². The molecule has 0 aromatic rings. The quantitative estimate of drug-likeness (QED) is 0.540. The second-order valence-corrected chi connectivity index (χ2v) is 5.64. The summed E-state index contributed by atoms with van der Waals surface area (Å²) in [7, 11) is 0. The molecule has 0 aromatic heterocycles. The van der Waals surface area contributed by atoms with Crippen LogP contribution in [0.1, 0.15) is 41.0 Å². The van der Waals surface area contributed by atoms with Crippen LogP contribution < -0.4 is 11.5 Å². The van der Waals surface area contributed by atoms with Gasteiger partial charge >= 0.3 is 17.9 Å². The molecule has 0 amide bonds. The maximum absolute atomic E-state index is 11.7. The van der Waals surface area contributed by atoms with Crippen molar-refractivity contribution in [3.63, 3.8) is 0 Å². The van der Waals surface area contributed by atoms with Crippen molar-refractivity contribution < 1.29 is 23.9 Å². The first-order chi connectivity index (χ1) is 8.35. The Hall–Kier alpha value is -1.47. The Kier molecular flexibility index (Phi) is 5.64. The van der Waals surface area contributed by atoms with Gasteiger partial charge in [-0.1, -0.05) is 0 Å². The highest BCUT2D eigenvalue weighted by Crippen LogP contribution is 2.14. The molecule has 0 aromatic carbocycles. The van der Waals surface area contributed by atoms with E-state index in [1.165, 1.54) is 6.92 Å². The monoisotopic (exact) mass is 274 g/mol. The van der Waals surface area contributed by atoms with Crippen molar-refractivity contribution in [2.24, 2.45) is 11.5 Å². The zero-order chi connectivity index (χ0) is 15.4. The van der Waals surface area contributed by atoms with Crippen molar-refractivity contribution in [3.05, 3.63) is 0 Å². The molecule has 0 heterocycles. The summed E-state index contributed by atoms with van der Waals surface area (Å²) in [5.74, 6) is -2.37. The summed E-state index contributed by atoms with van der Waals surface area (Å²) >= 11 is 0. The van der Waals surface area contributed by atoms with Gasteiger partial charge in [-0.15, -0.1) is 0 Å². The highest BCUT2D eigenvalue weighted by Gasteiger charge is 2.36. The van der Waals surface area contributed by atoms with E-state index in [0.29, 0.717) is 0 Å². The minimum Gasteiger partial charge on any atom is -0.459 e. The van der Waals surface area contributed by atoms with Gasteiger partial charge in [-0.25, -0.2) is 4.79 Å². The molecule has 0 aliphatic rings. The SMILES string of the molecule is CC(=O)OC(=O)[C@](C)(N)CC(N)C(=O)OC(C)(C)C. The lowest BCUT2D eigenvalue weighted by Gasteiger charge is -2.26. The summed E-state index contributed by atoms with van der Waals surface area (Å²) in [5.41, 5.74) is 9.11. The highest BCUT2D eigenvalue weighted by atomic mass is 16.6. The van der Waals surface area contributed by atoms with Gasteiger partial charge in [0.25, 0.3) is 0 Å². The largest absolute Gasteiger partial charge is 0.459 e. The molecule has 0 spiro atoms. The van der Waals surface area contributed by atoms with Gasteiger partial charge in [0.15, 0.2) is 0 Å². The van der Waals surface area contributed by atoms with E-state index in [1.807, 2.05) is 0 Å². The van der Waals surface area contributed by atoms with Crippen molar-refractivity contribution in [2.45, 2.75) is 58.2 Å². The number of carbonyl (C=O) groups excluding carboxylic acids is 3. The van der Waals surface area contributed by atoms with Crippen molar-refractivity contribution in [3.8, 4) is 0 Å². The van der Waals surface area contributed by atoms with Crippen LogP contribution in [-0.4, -0.2) is 35.1 Å². The topological polar surface area (TPSA) is 122 Å². The summed E-state index contributed by atoms with van der Waals surface area (Å²) < 4.78 is 9.45. The number of carbonyl (C=O) groups is 3. The molecule has 4 N–H and O–H groups in total. The Morgan fingerprint density at radius 3 is 2.00 bits per heavy atom. The van der Waals surface area contributed by atoms with E-state index in [1.54, 1.807) is 20.8 Å². The van der Waals surface area contributed by atoms with Gasteiger partial charge < -0.3 is 20.9 Å². The van der Waals surface area contributed by atoms with Crippen LogP contribution in [0.5, 0.6) is 0 Å². The average Bonchev–Trinajstić information content (AvgIpc) is 2.12. The number of nitrogens with two attached hydrogens (primary N) is 2. The van der Waals surface area contributed by atoms with E-state index in [9.17, 15) is 14.4 Å². The summed E-state index contributed by atoms with van der Waals surface area (Å²) in [6.45, 7) is 7.51. The van der Waals surface area contributed by atoms with Crippen LogP contribution in [0.25, 0.3) is 0 Å². The molecule has 0 bridgehead atoms. The third-order valence-corrected chi connectivity index (χ3v) is 2.06. The molecule has 0 saturated heterocycles. The first kappa shape index (κ1) is 17.5. The molecular formula is C12H22N2O5. The third kappa shape index (κ3) is 6.88. The van der Waals surface area contributed by atoms with Crippen molar-refractivity contribution in [1.82, 2.24) is 0 Å². The van der Waals surface area contributed by atoms with Gasteiger partial charge in [0.2, 0.25) is 0 Å². The van der Waals surface area contributed by atoms with Gasteiger partial charge in [-0.3, -0.25) is 9.59 Å². The summed E-state index contributed by atoms with van der Waals surface area (Å²) in [6.07, 6.45) is -0.186. The Bertz CT molecular complexity index is 371. The van der Waals surface area contributed by atoms with E-state index >= 15 is 0 Å². The molecule has 7 nitrogen and oxygen atoms in total. The first-order valence-corrected chi connectivity index (χ1v) is 5.85. The lowest BCUT2D eigenvalue weighted by atomic mass is 9.94. The normalized spacial score (nSPS) is 16.2. The molecule has 7 heteroatoms. The fourth-order valence-corrected chi connectivity index (χ4v) is 1.25. The van der Waals surface area contributed by atoms with E-state index in [2.05, 4.69) is 4.74 Å². The zero-order valence-corrected chi connectivity index (χ0v) is 12.0. The fraction of sp³-hybridized carbons (Fsp3) is 0.750. The third-order valence-electron chi connectivity index (χ3n) is 2.06. The van der Waals surface area contributed by atoms with E-state index in [4.69, 9.17) is 16.2 Å². The molecule has 19 heavy (non-hydrogen) atoms. The Labute approximate surface area is 112 Å². The number of hydrogen-bond donors (Lipinski definition) is 2. The van der Waals surface area contributed by atoms with Crippen molar-refractivity contribution in [1.29, 1.82) is 0 Å². The Morgan fingerprint density at radius 1 is 1.16 bits per heavy atom. The molecule has 0 aliphatic carbocycles. The zero-order valence-electron chi connectivity index (χ0n) is 12.0. The molecule has 0 radical (unpaired) electrons. The first-order valence-electron chi connectivity index (χ1n) is 5.85. The number of hydrogen-bond acceptors (Lipinski definition) is 7. The number of esters is 3. The van der Waals surface area contributed by atoms with Gasteiger partial charge in [-0.2, -0.15) is 0 Å². The highest BCUT2D eigenvalue weighted by molar-refractivity contribution is 5.90. The van der Waals surface area contributed by atoms with Crippen molar-refractivity contribution >= 4 is 17.9 Å². The molecule has 0 fully saturated rings. The summed E-state index contributed by atoms with van der Waals surface area (Å²) in [5, 5.41) is 0. The maximum atomic E-state index is 11.7. The Balaban J connectivity index is 4.61. The Morgan fingerprint density at radius 2 is 1.63 bits per heavy atom. The van der Waals surface area contributed by atoms with Gasteiger partial charge in [0.05, 0.1) is 0 Å². The van der Waals surface area contributed by atoms with Crippen LogP contribution >= 0.6 is 0 Å². The lowest BCUT2D eigenvalue weighted by molar-refractivity contribution is -0.162.